The fraction of sp³-hybridized carbons (Fsp3) is 0.923. The maximum Gasteiger partial charge on any atom is 0.237 e. The predicted molar refractivity (Wildman–Crippen MR) is 68.9 cm³/mol. The lowest BCUT2D eigenvalue weighted by molar-refractivity contribution is -0.126. The molecule has 98 valence electrons. The molecule has 0 aromatic rings. The van der Waals surface area contributed by atoms with Gasteiger partial charge < -0.3 is 10.6 Å². The molecule has 4 heteroatoms. The van der Waals surface area contributed by atoms with Gasteiger partial charge >= 0.3 is 0 Å². The Balaban J connectivity index is 1.92. The lowest BCUT2D eigenvalue weighted by Crippen LogP contribution is -2.50. The molecule has 0 spiro atoms. The van der Waals surface area contributed by atoms with Gasteiger partial charge in [-0.15, -0.1) is 0 Å². The molecular formula is C13H25N3O. The van der Waals surface area contributed by atoms with E-state index < -0.39 is 0 Å². The molecule has 4 nitrogen and oxygen atoms in total. The number of hydrogen-bond donors (Lipinski definition) is 2. The van der Waals surface area contributed by atoms with E-state index in [4.69, 9.17) is 0 Å². The Morgan fingerprint density at radius 1 is 1.35 bits per heavy atom. The van der Waals surface area contributed by atoms with Crippen molar-refractivity contribution in [3.05, 3.63) is 0 Å². The molecule has 2 atom stereocenters. The van der Waals surface area contributed by atoms with Gasteiger partial charge in [-0.05, 0) is 58.2 Å². The normalized spacial score (nSPS) is 31.9. The monoisotopic (exact) mass is 239 g/mol. The second-order valence-corrected chi connectivity index (χ2v) is 5.36. The van der Waals surface area contributed by atoms with Gasteiger partial charge in [-0.1, -0.05) is 0 Å². The van der Waals surface area contributed by atoms with Crippen LogP contribution >= 0.6 is 0 Å². The van der Waals surface area contributed by atoms with Crippen molar-refractivity contribution >= 4 is 5.91 Å². The van der Waals surface area contributed by atoms with Crippen LogP contribution in [0.1, 0.15) is 32.1 Å². The molecule has 17 heavy (non-hydrogen) atoms. The molecule has 1 amide bonds. The fourth-order valence-corrected chi connectivity index (χ4v) is 3.11. The van der Waals surface area contributed by atoms with Gasteiger partial charge in [-0.3, -0.25) is 9.69 Å². The van der Waals surface area contributed by atoms with Crippen LogP contribution in [0.4, 0.5) is 0 Å². The van der Waals surface area contributed by atoms with Crippen molar-refractivity contribution in [1.29, 1.82) is 0 Å². The van der Waals surface area contributed by atoms with Gasteiger partial charge in [0.2, 0.25) is 5.91 Å². The molecule has 2 aliphatic rings. The Kier molecular flexibility index (Phi) is 4.80. The van der Waals surface area contributed by atoms with Crippen LogP contribution in [0.2, 0.25) is 0 Å². The zero-order chi connectivity index (χ0) is 12.1. The quantitative estimate of drug-likeness (QED) is 0.757. The van der Waals surface area contributed by atoms with Gasteiger partial charge in [0, 0.05) is 13.1 Å². The summed E-state index contributed by atoms with van der Waals surface area (Å²) in [5.41, 5.74) is 0. The Hall–Kier alpha value is -0.610. The number of nitrogens with zero attached hydrogens (tertiary/aromatic N) is 1. The first-order chi connectivity index (χ1) is 8.31. The van der Waals surface area contributed by atoms with Crippen LogP contribution in [0, 0.1) is 5.92 Å². The van der Waals surface area contributed by atoms with Crippen molar-refractivity contribution in [3.8, 4) is 0 Å². The lowest BCUT2D eigenvalue weighted by atomic mass is 9.95. The summed E-state index contributed by atoms with van der Waals surface area (Å²) in [6, 6.07) is 0.136. The molecule has 2 N–H and O–H groups in total. The van der Waals surface area contributed by atoms with Crippen LogP contribution in [0.25, 0.3) is 0 Å². The average Bonchev–Trinajstić information content (AvgIpc) is 2.55. The van der Waals surface area contributed by atoms with E-state index in [1.807, 2.05) is 7.05 Å². The molecule has 0 radical (unpaired) electrons. The SMILES string of the molecule is CNCC1CCCN(C2CCCCNC2=O)C1. The summed E-state index contributed by atoms with van der Waals surface area (Å²) in [5.74, 6) is 0.970. The van der Waals surface area contributed by atoms with E-state index in [0.717, 1.165) is 39.0 Å². The second-order valence-electron chi connectivity index (χ2n) is 5.36. The topological polar surface area (TPSA) is 44.4 Å². The Labute approximate surface area is 104 Å². The van der Waals surface area contributed by atoms with E-state index in [2.05, 4.69) is 15.5 Å². The van der Waals surface area contributed by atoms with Crippen LogP contribution in [-0.4, -0.2) is 50.1 Å². The highest BCUT2D eigenvalue weighted by Crippen LogP contribution is 2.21. The summed E-state index contributed by atoms with van der Waals surface area (Å²) in [5, 5.41) is 6.30. The smallest absolute Gasteiger partial charge is 0.237 e. The van der Waals surface area contributed by atoms with E-state index in [0.29, 0.717) is 5.92 Å². The summed E-state index contributed by atoms with van der Waals surface area (Å²) in [6.45, 7) is 4.12. The summed E-state index contributed by atoms with van der Waals surface area (Å²) in [6.07, 6.45) is 5.88. The maximum absolute atomic E-state index is 12.0. The van der Waals surface area contributed by atoms with Gasteiger partial charge in [0.05, 0.1) is 6.04 Å². The van der Waals surface area contributed by atoms with Gasteiger partial charge in [-0.2, -0.15) is 0 Å². The molecule has 0 aromatic carbocycles. The van der Waals surface area contributed by atoms with Crippen molar-refractivity contribution in [1.82, 2.24) is 15.5 Å². The van der Waals surface area contributed by atoms with Crippen molar-refractivity contribution in [3.63, 3.8) is 0 Å². The second kappa shape index (κ2) is 6.36. The number of nitrogens with one attached hydrogen (secondary N) is 2. The van der Waals surface area contributed by atoms with Crippen molar-refractivity contribution in [2.24, 2.45) is 5.92 Å². The van der Waals surface area contributed by atoms with Gasteiger partial charge in [0.25, 0.3) is 0 Å². The largest absolute Gasteiger partial charge is 0.355 e. The van der Waals surface area contributed by atoms with Gasteiger partial charge in [0.1, 0.15) is 0 Å². The number of carbonyl (C=O) groups is 1. The van der Waals surface area contributed by atoms with E-state index >= 15 is 0 Å². The third-order valence-electron chi connectivity index (χ3n) is 3.99. The molecule has 2 heterocycles. The van der Waals surface area contributed by atoms with Crippen LogP contribution < -0.4 is 10.6 Å². The predicted octanol–water partition coefficient (Wildman–Crippen LogP) is 0.587. The molecule has 0 aliphatic carbocycles. The van der Waals surface area contributed by atoms with Crippen molar-refractivity contribution in [2.45, 2.75) is 38.1 Å². The molecule has 0 aromatic heterocycles. The number of piperidine rings is 1. The number of likely N-dealkylation sites (tertiary alicyclic amines) is 1. The maximum atomic E-state index is 12.0. The molecule has 2 aliphatic heterocycles. The molecule has 0 saturated carbocycles. The van der Waals surface area contributed by atoms with Crippen LogP contribution in [0.5, 0.6) is 0 Å². The average molecular weight is 239 g/mol. The van der Waals surface area contributed by atoms with Crippen LogP contribution in [-0.2, 0) is 4.79 Å². The summed E-state index contributed by atoms with van der Waals surface area (Å²) in [4.78, 5) is 14.4. The molecule has 2 fully saturated rings. The third kappa shape index (κ3) is 3.42. The molecule has 0 bridgehead atoms. The van der Waals surface area contributed by atoms with E-state index in [1.54, 1.807) is 0 Å². The zero-order valence-electron chi connectivity index (χ0n) is 10.9. The minimum atomic E-state index is 0.136. The summed E-state index contributed by atoms with van der Waals surface area (Å²) in [7, 11) is 2.01. The number of carbonyl (C=O) groups excluding carboxylic acids is 1. The highest BCUT2D eigenvalue weighted by Gasteiger charge is 2.30. The first kappa shape index (κ1) is 12.8. The van der Waals surface area contributed by atoms with Gasteiger partial charge in [0.15, 0.2) is 0 Å². The van der Waals surface area contributed by atoms with E-state index in [1.165, 1.54) is 19.3 Å². The first-order valence-corrected chi connectivity index (χ1v) is 6.97. The first-order valence-electron chi connectivity index (χ1n) is 6.97. The van der Waals surface area contributed by atoms with Gasteiger partial charge in [-0.25, -0.2) is 0 Å². The molecule has 2 saturated heterocycles. The highest BCUT2D eigenvalue weighted by molar-refractivity contribution is 5.81. The molecule has 2 unspecified atom stereocenters. The van der Waals surface area contributed by atoms with Crippen LogP contribution in [0.3, 0.4) is 0 Å². The Bertz CT molecular complexity index is 255. The van der Waals surface area contributed by atoms with Crippen LogP contribution in [0.15, 0.2) is 0 Å². The van der Waals surface area contributed by atoms with E-state index in [-0.39, 0.29) is 11.9 Å². The highest BCUT2D eigenvalue weighted by atomic mass is 16.2. The zero-order valence-corrected chi connectivity index (χ0v) is 10.9. The number of hydrogen-bond acceptors (Lipinski definition) is 3. The fourth-order valence-electron chi connectivity index (χ4n) is 3.11. The number of rotatable bonds is 3. The van der Waals surface area contributed by atoms with Crippen molar-refractivity contribution < 1.29 is 4.79 Å². The third-order valence-corrected chi connectivity index (χ3v) is 3.99. The Morgan fingerprint density at radius 2 is 2.24 bits per heavy atom. The standard InChI is InChI=1S/C13H25N3O/c1-14-9-11-5-4-8-16(10-11)12-6-2-3-7-15-13(12)17/h11-12,14H,2-10H2,1H3,(H,15,17). The summed E-state index contributed by atoms with van der Waals surface area (Å²) >= 11 is 0. The summed E-state index contributed by atoms with van der Waals surface area (Å²) < 4.78 is 0. The lowest BCUT2D eigenvalue weighted by Gasteiger charge is -2.37. The molecular weight excluding hydrogens is 214 g/mol. The van der Waals surface area contributed by atoms with Crippen molar-refractivity contribution in [2.75, 3.05) is 33.2 Å². The number of amides is 1. The molecule has 2 rings (SSSR count). The minimum absolute atomic E-state index is 0.136. The van der Waals surface area contributed by atoms with E-state index in [9.17, 15) is 4.79 Å². The minimum Gasteiger partial charge on any atom is -0.355 e. The Morgan fingerprint density at radius 3 is 3.06 bits per heavy atom.